The van der Waals surface area contributed by atoms with Crippen LogP contribution in [0.15, 0.2) is 23.1 Å². The lowest BCUT2D eigenvalue weighted by Gasteiger charge is -2.17. The molecule has 86 valence electrons. The van der Waals surface area contributed by atoms with Gasteiger partial charge in [-0.15, -0.1) is 11.8 Å². The number of benzene rings is 1. The quantitative estimate of drug-likeness (QED) is 0.769. The van der Waals surface area contributed by atoms with Crippen molar-refractivity contribution in [1.29, 1.82) is 5.26 Å². The Hall–Kier alpha value is -1.18. The van der Waals surface area contributed by atoms with Crippen LogP contribution in [-0.2, 0) is 0 Å². The van der Waals surface area contributed by atoms with E-state index in [1.54, 1.807) is 11.8 Å². The van der Waals surface area contributed by atoms with Gasteiger partial charge in [0.05, 0.1) is 11.3 Å². The van der Waals surface area contributed by atoms with Crippen molar-refractivity contribution >= 4 is 17.4 Å². The molecule has 16 heavy (non-hydrogen) atoms. The molecular weight excluding hydrogens is 218 g/mol. The van der Waals surface area contributed by atoms with E-state index >= 15 is 0 Å². The van der Waals surface area contributed by atoms with Crippen molar-refractivity contribution in [2.45, 2.75) is 24.3 Å². The van der Waals surface area contributed by atoms with Crippen LogP contribution in [0.5, 0.6) is 0 Å². The van der Waals surface area contributed by atoms with Gasteiger partial charge in [-0.3, -0.25) is 0 Å². The van der Waals surface area contributed by atoms with E-state index in [1.807, 2.05) is 24.5 Å². The summed E-state index contributed by atoms with van der Waals surface area (Å²) in [7, 11) is 0. The van der Waals surface area contributed by atoms with Crippen molar-refractivity contribution in [3.63, 3.8) is 0 Å². The zero-order chi connectivity index (χ0) is 12.0. The molecule has 1 aromatic rings. The van der Waals surface area contributed by atoms with E-state index < -0.39 is 0 Å². The number of nitrogens with one attached hydrogen (secondary N) is 1. The molecule has 0 aliphatic heterocycles. The summed E-state index contributed by atoms with van der Waals surface area (Å²) < 4.78 is 0. The highest BCUT2D eigenvalue weighted by Crippen LogP contribution is 2.26. The summed E-state index contributed by atoms with van der Waals surface area (Å²) in [6, 6.07) is 8.31. The highest BCUT2D eigenvalue weighted by atomic mass is 32.2. The summed E-state index contributed by atoms with van der Waals surface area (Å²) in [4.78, 5) is 0.999. The summed E-state index contributed by atoms with van der Waals surface area (Å²) in [5.74, 6) is 0. The molecule has 4 heteroatoms. The van der Waals surface area contributed by atoms with Gasteiger partial charge in [0.15, 0.2) is 0 Å². The maximum absolute atomic E-state index is 9.15. The van der Waals surface area contributed by atoms with Crippen LogP contribution in [0.3, 0.4) is 0 Å². The first-order valence-corrected chi connectivity index (χ1v) is 6.53. The Morgan fingerprint density at radius 1 is 1.56 bits per heavy atom. The van der Waals surface area contributed by atoms with E-state index in [0.717, 1.165) is 17.0 Å². The van der Waals surface area contributed by atoms with E-state index in [-0.39, 0.29) is 6.04 Å². The molecule has 1 atom stereocenters. The summed E-state index contributed by atoms with van der Waals surface area (Å²) >= 11 is 1.58. The first kappa shape index (κ1) is 12.9. The van der Waals surface area contributed by atoms with Gasteiger partial charge in [0, 0.05) is 17.5 Å². The first-order valence-electron chi connectivity index (χ1n) is 5.30. The van der Waals surface area contributed by atoms with Gasteiger partial charge >= 0.3 is 0 Å². The Bertz CT molecular complexity index is 380. The minimum Gasteiger partial charge on any atom is -0.380 e. The fourth-order valence-corrected chi connectivity index (χ4v) is 2.06. The van der Waals surface area contributed by atoms with Crippen molar-refractivity contribution < 1.29 is 0 Å². The lowest BCUT2D eigenvalue weighted by molar-refractivity contribution is 0.703. The number of nitrogens with zero attached hydrogens (tertiary/aromatic N) is 1. The molecule has 0 heterocycles. The monoisotopic (exact) mass is 235 g/mol. The van der Waals surface area contributed by atoms with Crippen molar-refractivity contribution in [3.8, 4) is 6.07 Å². The van der Waals surface area contributed by atoms with Gasteiger partial charge in [0.1, 0.15) is 6.07 Å². The molecule has 0 saturated heterocycles. The highest BCUT2D eigenvalue weighted by Gasteiger charge is 2.10. The van der Waals surface area contributed by atoms with Crippen LogP contribution in [-0.4, -0.2) is 18.8 Å². The van der Waals surface area contributed by atoms with Crippen LogP contribution in [0.25, 0.3) is 0 Å². The van der Waals surface area contributed by atoms with Crippen LogP contribution in [0.2, 0.25) is 0 Å². The van der Waals surface area contributed by atoms with Crippen LogP contribution in [0.4, 0.5) is 5.69 Å². The van der Waals surface area contributed by atoms with Crippen LogP contribution >= 0.6 is 11.8 Å². The van der Waals surface area contributed by atoms with Crippen LogP contribution < -0.4 is 11.1 Å². The first-order chi connectivity index (χ1) is 7.76. The second-order valence-electron chi connectivity index (χ2n) is 3.48. The van der Waals surface area contributed by atoms with Gasteiger partial charge in [0.2, 0.25) is 0 Å². The lowest BCUT2D eigenvalue weighted by Crippen LogP contribution is -2.28. The van der Waals surface area contributed by atoms with E-state index in [4.69, 9.17) is 11.0 Å². The number of hydrogen-bond acceptors (Lipinski definition) is 4. The third kappa shape index (κ3) is 2.91. The molecule has 0 saturated carbocycles. The highest BCUT2D eigenvalue weighted by molar-refractivity contribution is 7.98. The molecule has 0 spiro atoms. The molecule has 0 fully saturated rings. The Morgan fingerprint density at radius 3 is 2.81 bits per heavy atom. The number of thioether (sulfide) groups is 1. The van der Waals surface area contributed by atoms with Gasteiger partial charge < -0.3 is 11.1 Å². The number of anilines is 1. The topological polar surface area (TPSA) is 61.8 Å². The number of nitrogens with two attached hydrogens (primary N) is 1. The lowest BCUT2D eigenvalue weighted by atomic mass is 10.1. The third-order valence-corrected chi connectivity index (χ3v) is 3.27. The van der Waals surface area contributed by atoms with Gasteiger partial charge in [0.25, 0.3) is 0 Å². The molecule has 1 aromatic carbocycles. The van der Waals surface area contributed by atoms with Gasteiger partial charge in [-0.1, -0.05) is 13.0 Å². The fourth-order valence-electron chi connectivity index (χ4n) is 1.48. The summed E-state index contributed by atoms with van der Waals surface area (Å²) in [6.45, 7) is 2.65. The van der Waals surface area contributed by atoms with E-state index in [9.17, 15) is 0 Å². The zero-order valence-electron chi connectivity index (χ0n) is 9.66. The number of hydrogen-bond donors (Lipinski definition) is 2. The molecule has 0 bridgehead atoms. The normalized spacial score (nSPS) is 11.9. The Balaban J connectivity index is 3.00. The Morgan fingerprint density at radius 2 is 2.31 bits per heavy atom. The molecular formula is C12H17N3S. The molecule has 0 amide bonds. The molecule has 1 unspecified atom stereocenters. The Kier molecular flexibility index (Phi) is 5.17. The second-order valence-corrected chi connectivity index (χ2v) is 4.33. The minimum absolute atomic E-state index is 0.226. The molecule has 1 rings (SSSR count). The van der Waals surface area contributed by atoms with E-state index in [2.05, 4.69) is 18.3 Å². The average molecular weight is 235 g/mol. The molecule has 0 aliphatic rings. The predicted octanol–water partition coefficient (Wildman–Crippen LogP) is 2.43. The smallest absolute Gasteiger partial charge is 0.102 e. The summed E-state index contributed by atoms with van der Waals surface area (Å²) in [5.41, 5.74) is 7.23. The molecule has 3 nitrogen and oxygen atoms in total. The third-order valence-electron chi connectivity index (χ3n) is 2.49. The standard InChI is InChI=1S/C12H17N3S/c1-3-9(7-13)15-11-5-4-6-12(16-2)10(11)8-14/h4-6,9,15H,3,7,13H2,1-2H3. The number of nitriles is 1. The SMILES string of the molecule is CCC(CN)Nc1cccc(SC)c1C#N. The molecule has 0 aliphatic carbocycles. The predicted molar refractivity (Wildman–Crippen MR) is 69.7 cm³/mol. The average Bonchev–Trinajstić information content (AvgIpc) is 2.35. The van der Waals surface area contributed by atoms with Crippen LogP contribution in [0.1, 0.15) is 18.9 Å². The van der Waals surface area contributed by atoms with Gasteiger partial charge in [-0.25, -0.2) is 0 Å². The zero-order valence-corrected chi connectivity index (χ0v) is 10.5. The molecule has 0 radical (unpaired) electrons. The minimum atomic E-state index is 0.226. The van der Waals surface area contributed by atoms with Crippen LogP contribution in [0, 0.1) is 11.3 Å². The van der Waals surface area contributed by atoms with Gasteiger partial charge in [-0.2, -0.15) is 5.26 Å². The van der Waals surface area contributed by atoms with E-state index in [0.29, 0.717) is 12.1 Å². The second kappa shape index (κ2) is 6.41. The fraction of sp³-hybridized carbons (Fsp3) is 0.417. The number of rotatable bonds is 5. The van der Waals surface area contributed by atoms with Gasteiger partial charge in [-0.05, 0) is 24.8 Å². The maximum Gasteiger partial charge on any atom is 0.102 e. The molecule has 3 N–H and O–H groups in total. The van der Waals surface area contributed by atoms with Crippen molar-refractivity contribution in [1.82, 2.24) is 0 Å². The molecule has 0 aromatic heterocycles. The van der Waals surface area contributed by atoms with E-state index in [1.165, 1.54) is 0 Å². The van der Waals surface area contributed by atoms with Crippen molar-refractivity contribution in [2.24, 2.45) is 5.73 Å². The maximum atomic E-state index is 9.15. The summed E-state index contributed by atoms with van der Waals surface area (Å²) in [5, 5.41) is 12.5. The summed E-state index contributed by atoms with van der Waals surface area (Å²) in [6.07, 6.45) is 2.92. The Labute approximate surface area is 101 Å². The largest absolute Gasteiger partial charge is 0.380 e. The van der Waals surface area contributed by atoms with Crippen molar-refractivity contribution in [3.05, 3.63) is 23.8 Å². The van der Waals surface area contributed by atoms with Crippen molar-refractivity contribution in [2.75, 3.05) is 18.1 Å².